The maximum atomic E-state index is 13.0. The van der Waals surface area contributed by atoms with Crippen LogP contribution in [0.25, 0.3) is 0 Å². The smallest absolute Gasteiger partial charge is 0.168 e. The molecule has 2 N–H and O–H groups in total. The fraction of sp³-hybridized carbons (Fsp3) is 0.400. The first-order valence-electron chi connectivity index (χ1n) is 4.68. The minimum atomic E-state index is -0.959. The van der Waals surface area contributed by atoms with E-state index in [1.807, 2.05) is 0 Å². The average molecular weight is 215 g/mol. The van der Waals surface area contributed by atoms with Crippen LogP contribution >= 0.6 is 0 Å². The first-order chi connectivity index (χ1) is 7.18. The van der Waals surface area contributed by atoms with Crippen LogP contribution in [0, 0.1) is 11.6 Å². The Bertz CT molecular complexity index is 365. The first kappa shape index (κ1) is 10.3. The Morgan fingerprint density at radius 3 is 2.87 bits per heavy atom. The molecule has 1 atom stereocenters. The summed E-state index contributed by atoms with van der Waals surface area (Å²) in [5.41, 5.74) is 0.153. The highest BCUT2D eigenvalue weighted by molar-refractivity contribution is 5.36. The number of halogens is 2. The van der Waals surface area contributed by atoms with Gasteiger partial charge in [0.1, 0.15) is 5.82 Å². The third kappa shape index (κ3) is 2.08. The Morgan fingerprint density at radius 2 is 2.20 bits per heavy atom. The molecule has 0 saturated carbocycles. The second-order valence-electron chi connectivity index (χ2n) is 3.39. The largest absolute Gasteiger partial charge is 0.505 e. The molecule has 1 saturated heterocycles. The molecule has 0 aliphatic carbocycles. The van der Waals surface area contributed by atoms with Crippen molar-refractivity contribution < 1.29 is 18.6 Å². The van der Waals surface area contributed by atoms with Crippen molar-refractivity contribution in [3.8, 4) is 5.75 Å². The fourth-order valence-electron chi connectivity index (χ4n) is 1.60. The van der Waals surface area contributed by atoms with E-state index in [9.17, 15) is 13.9 Å². The molecule has 0 aromatic heterocycles. The molecular formula is C10H11F2NO2. The Kier molecular flexibility index (Phi) is 2.83. The topological polar surface area (TPSA) is 41.5 Å². The van der Waals surface area contributed by atoms with Crippen molar-refractivity contribution in [2.75, 3.05) is 19.7 Å². The zero-order chi connectivity index (χ0) is 10.8. The standard InChI is InChI=1S/C10H11F2NO2/c11-6-3-7(10(14)8(12)4-6)9-5-13-1-2-15-9/h3-4,9,13-14H,1-2,5H2. The van der Waals surface area contributed by atoms with E-state index in [2.05, 4.69) is 5.32 Å². The molecule has 5 heteroatoms. The lowest BCUT2D eigenvalue weighted by molar-refractivity contribution is 0.0258. The molecular weight excluding hydrogens is 204 g/mol. The summed E-state index contributed by atoms with van der Waals surface area (Å²) in [6.45, 7) is 1.60. The molecule has 0 bridgehead atoms. The van der Waals surface area contributed by atoms with Gasteiger partial charge in [-0.05, 0) is 6.07 Å². The molecule has 1 unspecified atom stereocenters. The molecule has 15 heavy (non-hydrogen) atoms. The van der Waals surface area contributed by atoms with Crippen molar-refractivity contribution in [3.05, 3.63) is 29.3 Å². The zero-order valence-electron chi connectivity index (χ0n) is 7.96. The van der Waals surface area contributed by atoms with Gasteiger partial charge >= 0.3 is 0 Å². The third-order valence-corrected chi connectivity index (χ3v) is 2.33. The van der Waals surface area contributed by atoms with Gasteiger partial charge in [0.25, 0.3) is 0 Å². The normalized spacial score (nSPS) is 21.6. The molecule has 2 rings (SSSR count). The highest BCUT2D eigenvalue weighted by atomic mass is 19.1. The van der Waals surface area contributed by atoms with E-state index in [1.165, 1.54) is 0 Å². The SMILES string of the molecule is Oc1c(F)cc(F)cc1C1CNCCO1. The molecule has 0 amide bonds. The zero-order valence-corrected chi connectivity index (χ0v) is 7.96. The summed E-state index contributed by atoms with van der Waals surface area (Å²) in [7, 11) is 0. The average Bonchev–Trinajstić information content (AvgIpc) is 2.24. The summed E-state index contributed by atoms with van der Waals surface area (Å²) >= 11 is 0. The maximum Gasteiger partial charge on any atom is 0.168 e. The summed E-state index contributed by atoms with van der Waals surface area (Å²) in [6, 6.07) is 1.74. The second-order valence-corrected chi connectivity index (χ2v) is 3.39. The minimum absolute atomic E-state index is 0.153. The van der Waals surface area contributed by atoms with Crippen molar-refractivity contribution in [2.24, 2.45) is 0 Å². The molecule has 1 aliphatic heterocycles. The van der Waals surface area contributed by atoms with Crippen molar-refractivity contribution >= 4 is 0 Å². The van der Waals surface area contributed by atoms with E-state index in [0.717, 1.165) is 6.07 Å². The predicted molar refractivity (Wildman–Crippen MR) is 49.6 cm³/mol. The lowest BCUT2D eigenvalue weighted by Gasteiger charge is -2.24. The summed E-state index contributed by atoms with van der Waals surface area (Å²) in [5.74, 6) is -2.21. The Labute approximate surface area is 85.7 Å². The molecule has 1 aliphatic rings. The fourth-order valence-corrected chi connectivity index (χ4v) is 1.60. The number of aromatic hydroxyl groups is 1. The molecule has 0 spiro atoms. The lowest BCUT2D eigenvalue weighted by atomic mass is 10.1. The Balaban J connectivity index is 2.33. The summed E-state index contributed by atoms with van der Waals surface area (Å²) < 4.78 is 31.3. The molecule has 1 heterocycles. The van der Waals surface area contributed by atoms with Crippen LogP contribution in [0.15, 0.2) is 12.1 Å². The minimum Gasteiger partial charge on any atom is -0.505 e. The summed E-state index contributed by atoms with van der Waals surface area (Å²) in [4.78, 5) is 0. The molecule has 82 valence electrons. The van der Waals surface area contributed by atoms with Crippen LogP contribution in [0.5, 0.6) is 5.75 Å². The van der Waals surface area contributed by atoms with Gasteiger partial charge in [0.05, 0.1) is 12.7 Å². The highest BCUT2D eigenvalue weighted by Gasteiger charge is 2.21. The number of nitrogens with one attached hydrogen (secondary N) is 1. The van der Waals surface area contributed by atoms with Crippen molar-refractivity contribution in [1.29, 1.82) is 0 Å². The highest BCUT2D eigenvalue weighted by Crippen LogP contribution is 2.30. The van der Waals surface area contributed by atoms with Crippen LogP contribution in [0.1, 0.15) is 11.7 Å². The van der Waals surface area contributed by atoms with Gasteiger partial charge in [-0.25, -0.2) is 8.78 Å². The predicted octanol–water partition coefficient (Wildman–Crippen LogP) is 1.33. The number of phenolic OH excluding ortho intramolecular Hbond substituents is 1. The van der Waals surface area contributed by atoms with Gasteiger partial charge in [-0.3, -0.25) is 0 Å². The summed E-state index contributed by atoms with van der Waals surface area (Å²) in [6.07, 6.45) is -0.496. The molecule has 0 radical (unpaired) electrons. The lowest BCUT2D eigenvalue weighted by Crippen LogP contribution is -2.33. The number of rotatable bonds is 1. The van der Waals surface area contributed by atoms with Crippen molar-refractivity contribution in [3.63, 3.8) is 0 Å². The van der Waals surface area contributed by atoms with Crippen LogP contribution in [-0.2, 0) is 4.74 Å². The van der Waals surface area contributed by atoms with Crippen LogP contribution < -0.4 is 5.32 Å². The molecule has 3 nitrogen and oxygen atoms in total. The second kappa shape index (κ2) is 4.12. The Hall–Kier alpha value is -1.20. The van der Waals surface area contributed by atoms with E-state index in [0.29, 0.717) is 25.8 Å². The van der Waals surface area contributed by atoms with Crippen LogP contribution in [0.3, 0.4) is 0 Å². The molecule has 1 fully saturated rings. The first-order valence-corrected chi connectivity index (χ1v) is 4.68. The maximum absolute atomic E-state index is 13.0. The monoisotopic (exact) mass is 215 g/mol. The van der Waals surface area contributed by atoms with Crippen LogP contribution in [-0.4, -0.2) is 24.8 Å². The Morgan fingerprint density at radius 1 is 1.40 bits per heavy atom. The van der Waals surface area contributed by atoms with Crippen molar-refractivity contribution in [2.45, 2.75) is 6.10 Å². The van der Waals surface area contributed by atoms with E-state index in [-0.39, 0.29) is 5.56 Å². The third-order valence-electron chi connectivity index (χ3n) is 2.33. The van der Waals surface area contributed by atoms with E-state index < -0.39 is 23.5 Å². The summed E-state index contributed by atoms with van der Waals surface area (Å²) in [5, 5.41) is 12.4. The molecule has 1 aromatic carbocycles. The number of benzene rings is 1. The van der Waals surface area contributed by atoms with Gasteiger partial charge in [-0.1, -0.05) is 0 Å². The molecule has 1 aromatic rings. The van der Waals surface area contributed by atoms with Gasteiger partial charge in [0.2, 0.25) is 0 Å². The number of phenols is 1. The number of morpholine rings is 1. The van der Waals surface area contributed by atoms with Gasteiger partial charge in [0, 0.05) is 24.7 Å². The number of hydrogen-bond acceptors (Lipinski definition) is 3. The number of hydrogen-bond donors (Lipinski definition) is 2. The van der Waals surface area contributed by atoms with E-state index in [4.69, 9.17) is 4.74 Å². The van der Waals surface area contributed by atoms with Gasteiger partial charge in [-0.2, -0.15) is 0 Å². The van der Waals surface area contributed by atoms with Crippen molar-refractivity contribution in [1.82, 2.24) is 5.32 Å². The van der Waals surface area contributed by atoms with Crippen LogP contribution in [0.2, 0.25) is 0 Å². The quantitative estimate of drug-likeness (QED) is 0.742. The van der Waals surface area contributed by atoms with Gasteiger partial charge in [0.15, 0.2) is 11.6 Å². The van der Waals surface area contributed by atoms with E-state index >= 15 is 0 Å². The van der Waals surface area contributed by atoms with Gasteiger partial charge < -0.3 is 15.2 Å². The van der Waals surface area contributed by atoms with Gasteiger partial charge in [-0.15, -0.1) is 0 Å². The van der Waals surface area contributed by atoms with Crippen LogP contribution in [0.4, 0.5) is 8.78 Å². The van der Waals surface area contributed by atoms with E-state index in [1.54, 1.807) is 0 Å². The number of ether oxygens (including phenoxy) is 1.